The van der Waals surface area contributed by atoms with Crippen molar-refractivity contribution in [1.29, 1.82) is 0 Å². The third-order valence-electron chi connectivity index (χ3n) is 3.30. The van der Waals surface area contributed by atoms with Crippen molar-refractivity contribution < 1.29 is 23.8 Å². The summed E-state index contributed by atoms with van der Waals surface area (Å²) in [5.74, 6) is 0.448. The van der Waals surface area contributed by atoms with Crippen LogP contribution in [0.3, 0.4) is 0 Å². The Morgan fingerprint density at radius 3 is 2.74 bits per heavy atom. The second-order valence-corrected chi connectivity index (χ2v) is 6.90. The second kappa shape index (κ2) is 10.1. The number of aromatic nitrogens is 1. The minimum Gasteiger partial charge on any atom is -0.493 e. The van der Waals surface area contributed by atoms with E-state index in [1.807, 2.05) is 6.07 Å². The summed E-state index contributed by atoms with van der Waals surface area (Å²) in [4.78, 5) is 27.7. The summed E-state index contributed by atoms with van der Waals surface area (Å²) >= 11 is 4.65. The zero-order valence-electron chi connectivity index (χ0n) is 15.1. The molecule has 0 aliphatic rings. The first-order valence-electron chi connectivity index (χ1n) is 7.97. The highest BCUT2D eigenvalue weighted by molar-refractivity contribution is 9.10. The van der Waals surface area contributed by atoms with Crippen LogP contribution in [0.5, 0.6) is 11.5 Å². The maximum Gasteiger partial charge on any atom is 0.311 e. The second-order valence-electron chi connectivity index (χ2n) is 5.19. The highest BCUT2D eigenvalue weighted by Gasteiger charge is 2.11. The Morgan fingerprint density at radius 1 is 1.30 bits per heavy atom. The van der Waals surface area contributed by atoms with Crippen molar-refractivity contribution >= 4 is 50.4 Å². The molecular weight excluding hydrogens is 436 g/mol. The van der Waals surface area contributed by atoms with Crippen molar-refractivity contribution in [3.63, 3.8) is 0 Å². The number of benzene rings is 1. The Kier molecular flexibility index (Phi) is 7.81. The van der Waals surface area contributed by atoms with E-state index < -0.39 is 0 Å². The zero-order chi connectivity index (χ0) is 19.8. The number of hydrogen-bond donors (Lipinski definition) is 1. The molecule has 0 atom stereocenters. The standard InChI is InChI=1S/C18H19BrN2O5S/c1-4-26-16(23)9-12-10-27-18(20-12)21-15(22)6-5-11-7-13(19)17(25-3)14(8-11)24-2/h5-8,10H,4,9H2,1-3H3,(H,20,21,22)/b6-5+. The number of nitrogens with zero attached hydrogens (tertiary/aromatic N) is 1. The molecule has 0 unspecified atom stereocenters. The molecule has 0 fully saturated rings. The van der Waals surface area contributed by atoms with Crippen LogP contribution in [-0.4, -0.2) is 37.7 Å². The van der Waals surface area contributed by atoms with Crippen LogP contribution >= 0.6 is 27.3 Å². The van der Waals surface area contributed by atoms with Gasteiger partial charge in [-0.2, -0.15) is 0 Å². The molecule has 0 aliphatic carbocycles. The predicted octanol–water partition coefficient (Wildman–Crippen LogP) is 3.68. The molecule has 0 spiro atoms. The van der Waals surface area contributed by atoms with Gasteiger partial charge < -0.3 is 14.2 Å². The van der Waals surface area contributed by atoms with Gasteiger partial charge in [-0.15, -0.1) is 11.3 Å². The lowest BCUT2D eigenvalue weighted by Gasteiger charge is -2.10. The lowest BCUT2D eigenvalue weighted by Crippen LogP contribution is -2.09. The van der Waals surface area contributed by atoms with Gasteiger partial charge in [0.1, 0.15) is 0 Å². The molecule has 9 heteroatoms. The minimum absolute atomic E-state index is 0.0791. The number of methoxy groups -OCH3 is 2. The largest absolute Gasteiger partial charge is 0.493 e. The van der Waals surface area contributed by atoms with Crippen LogP contribution in [0.25, 0.3) is 6.08 Å². The van der Waals surface area contributed by atoms with Crippen LogP contribution < -0.4 is 14.8 Å². The molecule has 0 saturated carbocycles. The van der Waals surface area contributed by atoms with Crippen molar-refractivity contribution in [2.75, 3.05) is 26.1 Å². The molecule has 0 radical (unpaired) electrons. The number of hydrogen-bond acceptors (Lipinski definition) is 7. The van der Waals surface area contributed by atoms with Crippen LogP contribution in [0.1, 0.15) is 18.2 Å². The Hall–Kier alpha value is -2.39. The van der Waals surface area contributed by atoms with Crippen molar-refractivity contribution in [3.8, 4) is 11.5 Å². The zero-order valence-corrected chi connectivity index (χ0v) is 17.5. The van der Waals surface area contributed by atoms with Gasteiger partial charge in [0.25, 0.3) is 0 Å². The third kappa shape index (κ3) is 6.07. The molecule has 1 heterocycles. The van der Waals surface area contributed by atoms with Crippen LogP contribution in [-0.2, 0) is 20.7 Å². The first kappa shape index (κ1) is 20.9. The number of anilines is 1. The van der Waals surface area contributed by atoms with E-state index in [9.17, 15) is 9.59 Å². The number of esters is 1. The summed E-state index contributed by atoms with van der Waals surface area (Å²) in [6.07, 6.45) is 3.12. The average molecular weight is 455 g/mol. The number of ether oxygens (including phenoxy) is 3. The van der Waals surface area contributed by atoms with E-state index >= 15 is 0 Å². The van der Waals surface area contributed by atoms with E-state index in [4.69, 9.17) is 14.2 Å². The number of amides is 1. The molecule has 1 aromatic heterocycles. The topological polar surface area (TPSA) is 86.8 Å². The van der Waals surface area contributed by atoms with E-state index in [1.165, 1.54) is 17.4 Å². The number of rotatable bonds is 8. The fourth-order valence-corrected chi connectivity index (χ4v) is 3.49. The normalized spacial score (nSPS) is 10.7. The predicted molar refractivity (Wildman–Crippen MR) is 107 cm³/mol. The van der Waals surface area contributed by atoms with Crippen molar-refractivity contribution in [1.82, 2.24) is 4.98 Å². The summed E-state index contributed by atoms with van der Waals surface area (Å²) in [6.45, 7) is 2.07. The van der Waals surface area contributed by atoms with Crippen LogP contribution in [0, 0.1) is 0 Å². The number of halogens is 1. The van der Waals surface area contributed by atoms with Gasteiger partial charge in [0.15, 0.2) is 16.6 Å². The molecule has 144 valence electrons. The maximum atomic E-state index is 12.1. The molecule has 1 N–H and O–H groups in total. The number of thiazole rings is 1. The lowest BCUT2D eigenvalue weighted by atomic mass is 10.2. The maximum absolute atomic E-state index is 12.1. The smallest absolute Gasteiger partial charge is 0.311 e. The van der Waals surface area contributed by atoms with Gasteiger partial charge in [-0.1, -0.05) is 0 Å². The van der Waals surface area contributed by atoms with Gasteiger partial charge in [-0.05, 0) is 46.6 Å². The van der Waals surface area contributed by atoms with Gasteiger partial charge in [0, 0.05) is 11.5 Å². The molecule has 27 heavy (non-hydrogen) atoms. The SMILES string of the molecule is CCOC(=O)Cc1csc(NC(=O)/C=C/c2cc(Br)c(OC)c(OC)c2)n1. The lowest BCUT2D eigenvalue weighted by molar-refractivity contribution is -0.142. The molecule has 1 amide bonds. The van der Waals surface area contributed by atoms with Crippen molar-refractivity contribution in [2.45, 2.75) is 13.3 Å². The Labute approximate surface area is 169 Å². The van der Waals surface area contributed by atoms with E-state index in [2.05, 4.69) is 26.2 Å². The summed E-state index contributed by atoms with van der Waals surface area (Å²) < 4.78 is 16.1. The molecule has 0 bridgehead atoms. The van der Waals surface area contributed by atoms with Gasteiger partial charge in [0.2, 0.25) is 5.91 Å². The monoisotopic (exact) mass is 454 g/mol. The highest BCUT2D eigenvalue weighted by atomic mass is 79.9. The average Bonchev–Trinajstić information content (AvgIpc) is 3.06. The van der Waals surface area contributed by atoms with Gasteiger partial charge >= 0.3 is 5.97 Å². The summed E-state index contributed by atoms with van der Waals surface area (Å²) in [6, 6.07) is 3.57. The molecular formula is C18H19BrN2O5S. The Bertz CT molecular complexity index is 850. The van der Waals surface area contributed by atoms with Gasteiger partial charge in [0.05, 0.1) is 37.4 Å². The summed E-state index contributed by atoms with van der Waals surface area (Å²) in [7, 11) is 3.09. The first-order chi connectivity index (χ1) is 13.0. The van der Waals surface area contributed by atoms with Crippen molar-refractivity contribution in [2.24, 2.45) is 0 Å². The fourth-order valence-electron chi connectivity index (χ4n) is 2.16. The van der Waals surface area contributed by atoms with E-state index in [0.717, 1.165) is 5.56 Å². The highest BCUT2D eigenvalue weighted by Crippen LogP contribution is 2.36. The van der Waals surface area contributed by atoms with E-state index in [-0.39, 0.29) is 18.3 Å². The molecule has 2 aromatic rings. The van der Waals surface area contributed by atoms with Gasteiger partial charge in [-0.25, -0.2) is 4.98 Å². The van der Waals surface area contributed by atoms with E-state index in [1.54, 1.807) is 38.7 Å². The molecule has 0 saturated heterocycles. The minimum atomic E-state index is -0.348. The molecule has 1 aromatic carbocycles. The number of carbonyl (C=O) groups excluding carboxylic acids is 2. The first-order valence-corrected chi connectivity index (χ1v) is 9.64. The fraction of sp³-hybridized carbons (Fsp3) is 0.278. The van der Waals surface area contributed by atoms with Crippen molar-refractivity contribution in [3.05, 3.63) is 39.3 Å². The molecule has 2 rings (SSSR count). The number of carbonyl (C=O) groups is 2. The quantitative estimate of drug-likeness (QED) is 0.483. The van der Waals surface area contributed by atoms with Crippen LogP contribution in [0.2, 0.25) is 0 Å². The van der Waals surface area contributed by atoms with Crippen LogP contribution in [0.4, 0.5) is 5.13 Å². The van der Waals surface area contributed by atoms with Crippen LogP contribution in [0.15, 0.2) is 28.1 Å². The molecule has 7 nitrogen and oxygen atoms in total. The Morgan fingerprint density at radius 2 is 2.07 bits per heavy atom. The summed E-state index contributed by atoms with van der Waals surface area (Å²) in [5, 5.41) is 4.79. The summed E-state index contributed by atoms with van der Waals surface area (Å²) in [5.41, 5.74) is 1.32. The third-order valence-corrected chi connectivity index (χ3v) is 4.69. The van der Waals surface area contributed by atoms with E-state index in [0.29, 0.717) is 33.4 Å². The molecule has 0 aliphatic heterocycles. The Balaban J connectivity index is 2.00. The van der Waals surface area contributed by atoms with Gasteiger partial charge in [-0.3, -0.25) is 14.9 Å². The number of nitrogens with one attached hydrogen (secondary N) is 1.